The minimum Gasteiger partial charge on any atom is -1.00 e. The van der Waals surface area contributed by atoms with Gasteiger partial charge in [-0.15, -0.1) is 0 Å². The van der Waals surface area contributed by atoms with Crippen LogP contribution in [0.2, 0.25) is 0 Å². The van der Waals surface area contributed by atoms with E-state index >= 15 is 0 Å². The van der Waals surface area contributed by atoms with Gasteiger partial charge in [-0.05, 0) is 31.0 Å². The van der Waals surface area contributed by atoms with E-state index in [9.17, 15) is 0 Å². The molecule has 0 atom stereocenters. The van der Waals surface area contributed by atoms with E-state index in [0.717, 1.165) is 90.4 Å². The third-order valence-corrected chi connectivity index (χ3v) is 6.64. The molecule has 2 N–H and O–H groups in total. The monoisotopic (exact) mass is 609 g/mol. The van der Waals surface area contributed by atoms with E-state index in [1.807, 2.05) is 0 Å². The predicted octanol–water partition coefficient (Wildman–Crippen LogP) is 5.33. The first-order valence-electron chi connectivity index (χ1n) is 13.7. The van der Waals surface area contributed by atoms with E-state index in [2.05, 4.69) is 116 Å². The third-order valence-electron chi connectivity index (χ3n) is 6.64. The van der Waals surface area contributed by atoms with Crippen molar-refractivity contribution in [3.63, 3.8) is 0 Å². The fraction of sp³-hybridized carbons (Fsp3) is 0.364. The molecule has 2 aromatic carbocycles. The number of halogens is 1. The smallest absolute Gasteiger partial charge is 0.213 e. The molecule has 3 nitrogen and oxygen atoms in total. The maximum atomic E-state index is 4.59. The summed E-state index contributed by atoms with van der Waals surface area (Å²) in [7, 11) is 0. The zero-order chi connectivity index (χ0) is 25.8. The van der Waals surface area contributed by atoms with E-state index in [4.69, 9.17) is 0 Å². The van der Waals surface area contributed by atoms with Crippen LogP contribution in [-0.2, 0) is 6.54 Å². The number of hydrogen-bond acceptors (Lipinski definition) is 2. The number of anilines is 2. The number of para-hydroxylation sites is 2. The van der Waals surface area contributed by atoms with Crippen molar-refractivity contribution in [2.24, 2.45) is 0 Å². The molecule has 3 rings (SSSR count). The number of pyridine rings is 1. The van der Waals surface area contributed by atoms with Gasteiger partial charge in [0, 0.05) is 65.3 Å². The van der Waals surface area contributed by atoms with E-state index in [-0.39, 0.29) is 24.0 Å². The maximum Gasteiger partial charge on any atom is 0.213 e. The molecule has 4 heteroatoms. The molecule has 0 radical (unpaired) electrons. The van der Waals surface area contributed by atoms with Gasteiger partial charge >= 0.3 is 0 Å². The Bertz CT molecular complexity index is 1070. The number of nitrogens with one attached hydrogen (secondary N) is 2. The Labute approximate surface area is 242 Å². The average Bonchev–Trinajstić information content (AvgIpc) is 2.92. The molecule has 0 saturated carbocycles. The summed E-state index contributed by atoms with van der Waals surface area (Å²) in [6.45, 7) is 18.7. The van der Waals surface area contributed by atoms with Crippen molar-refractivity contribution >= 4 is 22.5 Å². The molecule has 0 amide bonds. The summed E-state index contributed by atoms with van der Waals surface area (Å²) < 4.78 is 2.42. The molecule has 0 saturated heterocycles. The highest BCUT2D eigenvalue weighted by molar-refractivity contribution is 5.85. The first-order chi connectivity index (χ1) is 17.6. The molecule has 1 heterocycles. The van der Waals surface area contributed by atoms with Crippen molar-refractivity contribution in [2.75, 3.05) is 23.7 Å². The van der Waals surface area contributed by atoms with Crippen LogP contribution < -0.4 is 39.2 Å². The summed E-state index contributed by atoms with van der Waals surface area (Å²) in [4.78, 5) is 0. The lowest BCUT2D eigenvalue weighted by Gasteiger charge is -2.17. The lowest BCUT2D eigenvalue weighted by atomic mass is 9.97. The normalized spacial score (nSPS) is 10.5. The number of nitrogens with zero attached hydrogens (tertiary/aromatic N) is 1. The summed E-state index contributed by atoms with van der Waals surface area (Å²) in [6.07, 6.45) is 6.88. The Kier molecular flexibility index (Phi) is 13.5. The summed E-state index contributed by atoms with van der Waals surface area (Å²) in [5.41, 5.74) is 8.96. The third kappa shape index (κ3) is 8.19. The molecular weight excluding hydrogens is 565 g/mol. The summed E-state index contributed by atoms with van der Waals surface area (Å²) in [5.74, 6) is 0. The van der Waals surface area contributed by atoms with Crippen LogP contribution in [0.25, 0.3) is 11.1 Å². The van der Waals surface area contributed by atoms with Crippen LogP contribution in [0.1, 0.15) is 81.8 Å². The first-order valence-corrected chi connectivity index (χ1v) is 13.7. The van der Waals surface area contributed by atoms with Gasteiger partial charge in [0.1, 0.15) is 6.54 Å². The Morgan fingerprint density at radius 1 is 0.622 bits per heavy atom. The van der Waals surface area contributed by atoms with Gasteiger partial charge in [-0.2, -0.15) is 4.57 Å². The zero-order valence-corrected chi connectivity index (χ0v) is 25.1. The Morgan fingerprint density at radius 2 is 1.05 bits per heavy atom. The second kappa shape index (κ2) is 16.3. The molecule has 0 aliphatic rings. The Morgan fingerprint density at radius 3 is 1.49 bits per heavy atom. The van der Waals surface area contributed by atoms with Gasteiger partial charge < -0.3 is 34.6 Å². The quantitative estimate of drug-likeness (QED) is 0.139. The molecule has 0 unspecified atom stereocenters. The average molecular weight is 610 g/mol. The fourth-order valence-electron chi connectivity index (χ4n) is 4.50. The number of hydrogen-bond donors (Lipinski definition) is 2. The largest absolute Gasteiger partial charge is 1.00 e. The Hall–Kier alpha value is -2.60. The number of benzene rings is 2. The lowest BCUT2D eigenvalue weighted by molar-refractivity contribution is -0.701. The molecule has 0 aliphatic carbocycles. The Balaban J connectivity index is 0.00000481. The number of unbranched alkanes of at least 4 members (excludes halogenated alkanes) is 3. The molecule has 0 fully saturated rings. The van der Waals surface area contributed by atoms with Crippen molar-refractivity contribution < 1.29 is 28.5 Å². The number of aromatic nitrogens is 1. The van der Waals surface area contributed by atoms with Crippen molar-refractivity contribution in [3.05, 3.63) is 102 Å². The molecular formula is C33H44IN3. The van der Waals surface area contributed by atoms with Crippen molar-refractivity contribution in [1.29, 1.82) is 0 Å². The van der Waals surface area contributed by atoms with Crippen LogP contribution >= 0.6 is 0 Å². The van der Waals surface area contributed by atoms with Crippen LogP contribution in [0.3, 0.4) is 0 Å². The van der Waals surface area contributed by atoms with E-state index in [1.54, 1.807) is 0 Å². The highest BCUT2D eigenvalue weighted by Gasteiger charge is 2.24. The van der Waals surface area contributed by atoms with Gasteiger partial charge in [0.15, 0.2) is 0 Å². The van der Waals surface area contributed by atoms with Crippen LogP contribution in [-0.4, -0.2) is 13.1 Å². The van der Waals surface area contributed by atoms with Gasteiger partial charge in [0.05, 0.1) is 0 Å². The van der Waals surface area contributed by atoms with E-state index in [1.165, 1.54) is 12.8 Å². The van der Waals surface area contributed by atoms with Crippen molar-refractivity contribution in [3.8, 4) is 0 Å². The van der Waals surface area contributed by atoms with Crippen LogP contribution in [0.15, 0.2) is 79.9 Å². The summed E-state index contributed by atoms with van der Waals surface area (Å²) in [5, 5.41) is 7.25. The van der Waals surface area contributed by atoms with Gasteiger partial charge in [0.2, 0.25) is 11.4 Å². The van der Waals surface area contributed by atoms with Crippen molar-refractivity contribution in [2.45, 2.75) is 65.8 Å². The summed E-state index contributed by atoms with van der Waals surface area (Å²) in [6, 6.07) is 23.6. The second-order valence-electron chi connectivity index (χ2n) is 9.41. The molecule has 0 spiro atoms. The zero-order valence-electron chi connectivity index (χ0n) is 23.0. The molecule has 1 aromatic heterocycles. The molecule has 3 aromatic rings. The highest BCUT2D eigenvalue weighted by Crippen LogP contribution is 2.30. The second-order valence-corrected chi connectivity index (χ2v) is 9.41. The van der Waals surface area contributed by atoms with Crippen LogP contribution in [0.5, 0.6) is 0 Å². The minimum atomic E-state index is 0. The summed E-state index contributed by atoms with van der Waals surface area (Å²) >= 11 is 0. The van der Waals surface area contributed by atoms with Gasteiger partial charge in [-0.25, -0.2) is 0 Å². The van der Waals surface area contributed by atoms with Crippen molar-refractivity contribution in [1.82, 2.24) is 0 Å². The fourth-order valence-corrected chi connectivity index (χ4v) is 4.50. The van der Waals surface area contributed by atoms with Gasteiger partial charge in [-0.1, -0.05) is 89.6 Å². The molecule has 0 bridgehead atoms. The SMILES string of the molecule is C=C(c1ccccc1NCCCC)c1cccc(C(=C)c2ccccc2NCCCC)[n+]1CCCC.[I-]. The molecule has 198 valence electrons. The van der Waals surface area contributed by atoms with Crippen LogP contribution in [0.4, 0.5) is 11.4 Å². The lowest BCUT2D eigenvalue weighted by Crippen LogP contribution is -3.00. The molecule has 37 heavy (non-hydrogen) atoms. The van der Waals surface area contributed by atoms with Gasteiger partial charge in [-0.3, -0.25) is 0 Å². The van der Waals surface area contributed by atoms with E-state index < -0.39 is 0 Å². The van der Waals surface area contributed by atoms with Gasteiger partial charge in [0.25, 0.3) is 0 Å². The first kappa shape index (κ1) is 30.6. The predicted molar refractivity (Wildman–Crippen MR) is 157 cm³/mol. The highest BCUT2D eigenvalue weighted by atomic mass is 127. The topological polar surface area (TPSA) is 27.9 Å². The van der Waals surface area contributed by atoms with Crippen LogP contribution in [0, 0.1) is 0 Å². The molecule has 0 aliphatic heterocycles. The minimum absolute atomic E-state index is 0. The maximum absolute atomic E-state index is 4.59. The van der Waals surface area contributed by atoms with E-state index in [0.29, 0.717) is 0 Å². The number of rotatable bonds is 15. The standard InChI is InChI=1S/C33H44N3.HI/c1-6-9-23-34-30-19-14-12-17-28(30)26(4)32-21-16-22-33(36(32)25-11-8-3)27(5)29-18-13-15-20-31(29)35-24-10-7-2;/h12-22,34-35H,4-11,23-25H2,1-3H3;1H/q+1;/p-1.